The molecule has 2 rings (SSSR count). The predicted octanol–water partition coefficient (Wildman–Crippen LogP) is 3.01. The topological polar surface area (TPSA) is 104 Å². The summed E-state index contributed by atoms with van der Waals surface area (Å²) in [7, 11) is 1.28. The van der Waals surface area contributed by atoms with E-state index in [1.807, 2.05) is 20.8 Å². The van der Waals surface area contributed by atoms with Crippen LogP contribution in [0, 0.1) is 13.8 Å². The number of pyridine rings is 1. The first-order valence-electron chi connectivity index (χ1n) is 9.30. The molecule has 0 spiro atoms. The number of ether oxygens (including phenoxy) is 1. The van der Waals surface area contributed by atoms with Crippen molar-refractivity contribution in [3.05, 3.63) is 52.6 Å². The summed E-state index contributed by atoms with van der Waals surface area (Å²) in [6.45, 7) is 9.15. The number of methoxy groups -OCH3 is 1. The first-order chi connectivity index (χ1) is 13.5. The second-order valence-corrected chi connectivity index (χ2v) is 7.93. The number of hydrogen-bond donors (Lipinski definition) is 2. The van der Waals surface area contributed by atoms with Crippen LogP contribution in [0.4, 0.5) is 4.79 Å². The van der Waals surface area contributed by atoms with Crippen molar-refractivity contribution in [1.29, 1.82) is 0 Å². The molecule has 8 heteroatoms. The lowest BCUT2D eigenvalue weighted by Crippen LogP contribution is -2.49. The van der Waals surface area contributed by atoms with Gasteiger partial charge in [-0.1, -0.05) is 0 Å². The van der Waals surface area contributed by atoms with Crippen LogP contribution in [0.5, 0.6) is 0 Å². The number of urea groups is 1. The standard InChI is InChI=1S/C21H28N4O4/c1-13-17(14(2)23-18(13)19(27)29-6)16(26)12-25(20(28)24-21(3,4)5)11-15-7-9-22-10-8-15/h7-10,23H,11-12H2,1-6H3,(H,24,28). The minimum Gasteiger partial charge on any atom is -0.464 e. The van der Waals surface area contributed by atoms with Gasteiger partial charge in [-0.25, -0.2) is 9.59 Å². The van der Waals surface area contributed by atoms with Crippen molar-refractivity contribution in [2.75, 3.05) is 13.7 Å². The number of aryl methyl sites for hydroxylation is 1. The zero-order chi connectivity index (χ0) is 21.8. The Kier molecular flexibility index (Phi) is 6.79. The minimum absolute atomic E-state index is 0.135. The van der Waals surface area contributed by atoms with Crippen LogP contribution < -0.4 is 5.32 Å². The van der Waals surface area contributed by atoms with E-state index < -0.39 is 11.5 Å². The number of aromatic nitrogens is 2. The van der Waals surface area contributed by atoms with E-state index in [-0.39, 0.29) is 30.6 Å². The van der Waals surface area contributed by atoms with Crippen LogP contribution in [0.1, 0.15) is 58.4 Å². The number of ketones is 1. The smallest absolute Gasteiger partial charge is 0.354 e. The quantitative estimate of drug-likeness (QED) is 0.573. The van der Waals surface area contributed by atoms with E-state index in [9.17, 15) is 14.4 Å². The highest BCUT2D eigenvalue weighted by molar-refractivity contribution is 6.04. The zero-order valence-corrected chi connectivity index (χ0v) is 17.8. The van der Waals surface area contributed by atoms with Gasteiger partial charge in [0.1, 0.15) is 5.69 Å². The molecule has 0 unspecified atom stereocenters. The van der Waals surface area contributed by atoms with Gasteiger partial charge in [-0.15, -0.1) is 0 Å². The Hall–Kier alpha value is -3.16. The SMILES string of the molecule is COC(=O)c1[nH]c(C)c(C(=O)CN(Cc2ccncc2)C(=O)NC(C)(C)C)c1C. The maximum atomic E-state index is 13.1. The molecule has 2 heterocycles. The summed E-state index contributed by atoms with van der Waals surface area (Å²) in [6.07, 6.45) is 3.28. The molecular formula is C21H28N4O4. The highest BCUT2D eigenvalue weighted by Gasteiger charge is 2.27. The molecule has 0 saturated carbocycles. The first-order valence-corrected chi connectivity index (χ1v) is 9.30. The Morgan fingerprint density at radius 2 is 1.79 bits per heavy atom. The van der Waals surface area contributed by atoms with Crippen LogP contribution in [-0.2, 0) is 11.3 Å². The molecule has 0 aliphatic rings. The summed E-state index contributed by atoms with van der Waals surface area (Å²) < 4.78 is 4.76. The summed E-state index contributed by atoms with van der Waals surface area (Å²) in [5, 5.41) is 2.90. The molecule has 2 aromatic rings. The minimum atomic E-state index is -0.538. The molecule has 2 N–H and O–H groups in total. The third-order valence-electron chi connectivity index (χ3n) is 4.33. The number of H-pyrrole nitrogens is 1. The number of nitrogens with one attached hydrogen (secondary N) is 2. The van der Waals surface area contributed by atoms with Gasteiger partial charge in [0.2, 0.25) is 0 Å². The van der Waals surface area contributed by atoms with Gasteiger partial charge in [0, 0.05) is 35.7 Å². The van der Waals surface area contributed by atoms with Crippen molar-refractivity contribution in [2.24, 2.45) is 0 Å². The van der Waals surface area contributed by atoms with E-state index in [1.54, 1.807) is 38.4 Å². The molecule has 29 heavy (non-hydrogen) atoms. The molecule has 0 aliphatic carbocycles. The van der Waals surface area contributed by atoms with Crippen molar-refractivity contribution in [2.45, 2.75) is 46.7 Å². The fourth-order valence-corrected chi connectivity index (χ4v) is 3.03. The Morgan fingerprint density at radius 3 is 2.34 bits per heavy atom. The van der Waals surface area contributed by atoms with Crippen LogP contribution >= 0.6 is 0 Å². The number of esters is 1. The van der Waals surface area contributed by atoms with Gasteiger partial charge in [-0.3, -0.25) is 9.78 Å². The second kappa shape index (κ2) is 8.89. The zero-order valence-electron chi connectivity index (χ0n) is 17.8. The fraction of sp³-hybridized carbons (Fsp3) is 0.429. The van der Waals surface area contributed by atoms with Crippen LogP contribution in [0.2, 0.25) is 0 Å². The average Bonchev–Trinajstić information content (AvgIpc) is 2.94. The highest BCUT2D eigenvalue weighted by atomic mass is 16.5. The van der Waals surface area contributed by atoms with Crippen molar-refractivity contribution in [3.8, 4) is 0 Å². The number of aromatic amines is 1. The van der Waals surface area contributed by atoms with Gasteiger partial charge >= 0.3 is 12.0 Å². The predicted molar refractivity (Wildman–Crippen MR) is 109 cm³/mol. The number of carbonyl (C=O) groups excluding carboxylic acids is 3. The number of Topliss-reactive ketones (excluding diaryl/α,β-unsaturated/α-hetero) is 1. The summed E-state index contributed by atoms with van der Waals surface area (Å²) in [6, 6.07) is 3.25. The maximum Gasteiger partial charge on any atom is 0.354 e. The molecule has 156 valence electrons. The Bertz CT molecular complexity index is 897. The Balaban J connectivity index is 2.30. The third-order valence-corrected chi connectivity index (χ3v) is 4.33. The summed E-state index contributed by atoms with van der Waals surface area (Å²) >= 11 is 0. The number of hydrogen-bond acceptors (Lipinski definition) is 5. The summed E-state index contributed by atoms with van der Waals surface area (Å²) in [4.78, 5) is 46.2. The van der Waals surface area contributed by atoms with Crippen LogP contribution in [0.3, 0.4) is 0 Å². The molecule has 2 amide bonds. The monoisotopic (exact) mass is 400 g/mol. The van der Waals surface area contributed by atoms with E-state index in [1.165, 1.54) is 12.0 Å². The van der Waals surface area contributed by atoms with E-state index in [0.717, 1.165) is 5.56 Å². The lowest BCUT2D eigenvalue weighted by Gasteiger charge is -2.28. The van der Waals surface area contributed by atoms with E-state index >= 15 is 0 Å². The number of amides is 2. The van der Waals surface area contributed by atoms with Gasteiger partial charge in [0.25, 0.3) is 0 Å². The van der Waals surface area contributed by atoms with Gasteiger partial charge < -0.3 is 19.9 Å². The van der Waals surface area contributed by atoms with E-state index in [4.69, 9.17) is 4.74 Å². The maximum absolute atomic E-state index is 13.1. The summed E-state index contributed by atoms with van der Waals surface area (Å²) in [5.74, 6) is -0.798. The number of rotatable bonds is 6. The molecule has 0 saturated heterocycles. The lowest BCUT2D eigenvalue weighted by molar-refractivity contribution is 0.0593. The molecule has 0 fully saturated rings. The third kappa shape index (κ3) is 5.66. The van der Waals surface area contributed by atoms with Gasteiger partial charge in [-0.05, 0) is 57.9 Å². The van der Waals surface area contributed by atoms with Crippen LogP contribution in [0.25, 0.3) is 0 Å². The first kappa shape index (κ1) is 22.1. The number of nitrogens with zero attached hydrogens (tertiary/aromatic N) is 2. The molecule has 0 radical (unpaired) electrons. The summed E-state index contributed by atoms with van der Waals surface area (Å²) in [5.41, 5.74) is 2.12. The average molecular weight is 400 g/mol. The lowest BCUT2D eigenvalue weighted by atomic mass is 10.0. The molecule has 0 aliphatic heterocycles. The van der Waals surface area contributed by atoms with Crippen LogP contribution in [-0.4, -0.2) is 51.8 Å². The molecule has 2 aromatic heterocycles. The Morgan fingerprint density at radius 1 is 1.17 bits per heavy atom. The molecular weight excluding hydrogens is 372 g/mol. The Labute approximate surface area is 170 Å². The normalized spacial score (nSPS) is 11.1. The molecule has 0 aromatic carbocycles. The number of carbonyl (C=O) groups is 3. The van der Waals surface area contributed by atoms with E-state index in [0.29, 0.717) is 16.8 Å². The van der Waals surface area contributed by atoms with Crippen LogP contribution in [0.15, 0.2) is 24.5 Å². The van der Waals surface area contributed by atoms with E-state index in [2.05, 4.69) is 15.3 Å². The van der Waals surface area contributed by atoms with Gasteiger partial charge in [0.15, 0.2) is 5.78 Å². The second-order valence-electron chi connectivity index (χ2n) is 7.93. The molecule has 8 nitrogen and oxygen atoms in total. The highest BCUT2D eigenvalue weighted by Crippen LogP contribution is 2.20. The molecule has 0 atom stereocenters. The van der Waals surface area contributed by atoms with Crippen molar-refractivity contribution in [3.63, 3.8) is 0 Å². The van der Waals surface area contributed by atoms with Crippen molar-refractivity contribution in [1.82, 2.24) is 20.2 Å². The molecule has 0 bridgehead atoms. The fourth-order valence-electron chi connectivity index (χ4n) is 3.03. The van der Waals surface area contributed by atoms with Gasteiger partial charge in [0.05, 0.1) is 13.7 Å². The van der Waals surface area contributed by atoms with Gasteiger partial charge in [-0.2, -0.15) is 0 Å². The van der Waals surface area contributed by atoms with Crippen molar-refractivity contribution >= 4 is 17.8 Å². The largest absolute Gasteiger partial charge is 0.464 e. The van der Waals surface area contributed by atoms with Crippen molar-refractivity contribution < 1.29 is 19.1 Å².